The molecule has 0 aliphatic carbocycles. The fourth-order valence-corrected chi connectivity index (χ4v) is 2.05. The minimum atomic E-state index is -0.897. The highest BCUT2D eigenvalue weighted by atomic mass is 16.7. The lowest BCUT2D eigenvalue weighted by atomic mass is 10.3. The molecule has 2 heterocycles. The smallest absolute Gasteiger partial charge is 0.392 e. The van der Waals surface area contributed by atoms with Crippen molar-refractivity contribution in [2.24, 2.45) is 0 Å². The Balaban J connectivity index is 1.60. The molecule has 0 unspecified atom stereocenters. The SMILES string of the molecule is O=C(Oc1cccc2[nH]nnc12)Oc1cccc2[nH]nnc12. The van der Waals surface area contributed by atoms with E-state index >= 15 is 0 Å². The number of nitrogens with zero attached hydrogens (tertiary/aromatic N) is 4. The molecule has 0 radical (unpaired) electrons. The van der Waals surface area contributed by atoms with E-state index in [9.17, 15) is 4.79 Å². The van der Waals surface area contributed by atoms with Crippen LogP contribution in [0.25, 0.3) is 22.1 Å². The van der Waals surface area contributed by atoms with E-state index in [1.165, 1.54) is 0 Å². The maximum atomic E-state index is 12.0. The van der Waals surface area contributed by atoms with Crippen LogP contribution < -0.4 is 9.47 Å². The van der Waals surface area contributed by atoms with E-state index in [1.807, 2.05) is 0 Å². The lowest BCUT2D eigenvalue weighted by molar-refractivity contribution is 0.153. The molecule has 9 nitrogen and oxygen atoms in total. The molecule has 0 aliphatic rings. The summed E-state index contributed by atoms with van der Waals surface area (Å²) in [5.41, 5.74) is 2.20. The molecular weight excluding hydrogens is 288 g/mol. The Morgan fingerprint density at radius 3 is 1.82 bits per heavy atom. The Kier molecular flexibility index (Phi) is 2.68. The van der Waals surface area contributed by atoms with Crippen LogP contribution in [0.4, 0.5) is 4.79 Å². The number of fused-ring (bicyclic) bond motifs is 2. The zero-order valence-corrected chi connectivity index (χ0v) is 11.0. The summed E-state index contributed by atoms with van der Waals surface area (Å²) in [6.07, 6.45) is -0.897. The first kappa shape index (κ1) is 12.3. The van der Waals surface area contributed by atoms with Crippen LogP contribution in [0.15, 0.2) is 36.4 Å². The average Bonchev–Trinajstić information content (AvgIpc) is 3.16. The zero-order valence-electron chi connectivity index (χ0n) is 11.0. The molecule has 108 valence electrons. The Hall–Kier alpha value is -3.49. The molecule has 2 aromatic heterocycles. The zero-order chi connectivity index (χ0) is 14.9. The highest BCUT2D eigenvalue weighted by molar-refractivity contribution is 5.85. The van der Waals surface area contributed by atoms with Crippen LogP contribution >= 0.6 is 0 Å². The third-order valence-corrected chi connectivity index (χ3v) is 3.03. The molecule has 0 bridgehead atoms. The van der Waals surface area contributed by atoms with Crippen LogP contribution in [0.1, 0.15) is 0 Å². The number of aromatic amines is 2. The van der Waals surface area contributed by atoms with Gasteiger partial charge in [0, 0.05) is 0 Å². The molecule has 0 fully saturated rings. The summed E-state index contributed by atoms with van der Waals surface area (Å²) < 4.78 is 10.3. The average molecular weight is 296 g/mol. The van der Waals surface area contributed by atoms with E-state index in [0.29, 0.717) is 22.1 Å². The third-order valence-electron chi connectivity index (χ3n) is 3.03. The maximum Gasteiger partial charge on any atom is 0.519 e. The van der Waals surface area contributed by atoms with Crippen LogP contribution in [-0.2, 0) is 0 Å². The monoisotopic (exact) mass is 296 g/mol. The fraction of sp³-hybridized carbons (Fsp3) is 0. The molecule has 9 heteroatoms. The summed E-state index contributed by atoms with van der Waals surface area (Å²) in [6.45, 7) is 0. The number of carbonyl (C=O) groups excluding carboxylic acids is 1. The summed E-state index contributed by atoms with van der Waals surface area (Å²) in [7, 11) is 0. The standard InChI is InChI=1S/C13H8N6O3/c20-13(21-9-5-1-3-7-11(9)16-18-14-7)22-10-6-2-4-8-12(10)17-19-15-8/h1-6H,(H,14,16,18)(H,15,17,19). The van der Waals surface area contributed by atoms with Crippen LogP contribution in [0.2, 0.25) is 0 Å². The van der Waals surface area contributed by atoms with Gasteiger partial charge in [-0.05, 0) is 24.3 Å². The van der Waals surface area contributed by atoms with Crippen molar-refractivity contribution < 1.29 is 14.3 Å². The molecule has 4 rings (SSSR count). The molecule has 0 saturated carbocycles. The van der Waals surface area contributed by atoms with Gasteiger partial charge < -0.3 is 9.47 Å². The van der Waals surface area contributed by atoms with Gasteiger partial charge in [0.15, 0.2) is 22.5 Å². The summed E-state index contributed by atoms with van der Waals surface area (Å²) in [5, 5.41) is 20.4. The largest absolute Gasteiger partial charge is 0.519 e. The van der Waals surface area contributed by atoms with Gasteiger partial charge in [-0.15, -0.1) is 10.2 Å². The van der Waals surface area contributed by atoms with E-state index in [-0.39, 0.29) is 11.5 Å². The van der Waals surface area contributed by atoms with Gasteiger partial charge in [-0.1, -0.05) is 22.6 Å². The molecule has 2 N–H and O–H groups in total. The van der Waals surface area contributed by atoms with Crippen molar-refractivity contribution in [2.45, 2.75) is 0 Å². The molecule has 0 spiro atoms. The second-order valence-electron chi connectivity index (χ2n) is 4.38. The van der Waals surface area contributed by atoms with Gasteiger partial charge in [-0.3, -0.25) is 10.2 Å². The summed E-state index contributed by atoms with van der Waals surface area (Å²) >= 11 is 0. The number of nitrogens with one attached hydrogen (secondary N) is 2. The molecule has 2 aromatic carbocycles. The number of hydrogen-bond acceptors (Lipinski definition) is 7. The van der Waals surface area contributed by atoms with E-state index in [2.05, 4.69) is 30.8 Å². The molecule has 0 atom stereocenters. The van der Waals surface area contributed by atoms with Crippen LogP contribution in [0, 0.1) is 0 Å². The molecule has 0 amide bonds. The van der Waals surface area contributed by atoms with Crippen molar-refractivity contribution in [2.75, 3.05) is 0 Å². The minimum Gasteiger partial charge on any atom is -0.392 e. The van der Waals surface area contributed by atoms with Gasteiger partial charge in [0.25, 0.3) is 0 Å². The van der Waals surface area contributed by atoms with Crippen molar-refractivity contribution in [3.8, 4) is 11.5 Å². The molecule has 22 heavy (non-hydrogen) atoms. The Bertz CT molecular complexity index is 898. The number of rotatable bonds is 2. The number of carbonyl (C=O) groups is 1. The van der Waals surface area contributed by atoms with Crippen molar-refractivity contribution in [1.82, 2.24) is 30.8 Å². The summed E-state index contributed by atoms with van der Waals surface area (Å²) in [6, 6.07) is 10.2. The minimum absolute atomic E-state index is 0.253. The Labute approximate surface area is 122 Å². The maximum absolute atomic E-state index is 12.0. The predicted molar refractivity (Wildman–Crippen MR) is 74.4 cm³/mol. The molecule has 0 saturated heterocycles. The lowest BCUT2D eigenvalue weighted by Crippen LogP contribution is -2.14. The highest BCUT2D eigenvalue weighted by Gasteiger charge is 2.15. The number of benzene rings is 2. The van der Waals surface area contributed by atoms with Gasteiger partial charge in [0.05, 0.1) is 11.0 Å². The number of hydrogen-bond donors (Lipinski definition) is 2. The normalized spacial score (nSPS) is 10.9. The topological polar surface area (TPSA) is 119 Å². The first-order chi connectivity index (χ1) is 10.8. The van der Waals surface area contributed by atoms with E-state index in [4.69, 9.17) is 9.47 Å². The van der Waals surface area contributed by atoms with Crippen LogP contribution in [-0.4, -0.2) is 37.0 Å². The second kappa shape index (κ2) is 4.81. The van der Waals surface area contributed by atoms with Gasteiger partial charge in [-0.2, -0.15) is 0 Å². The van der Waals surface area contributed by atoms with Crippen molar-refractivity contribution >= 4 is 28.2 Å². The summed E-state index contributed by atoms with van der Waals surface area (Å²) in [5.74, 6) is 0.507. The number of H-pyrrole nitrogens is 2. The van der Waals surface area contributed by atoms with Gasteiger partial charge in [-0.25, -0.2) is 4.79 Å². The highest BCUT2D eigenvalue weighted by Crippen LogP contribution is 2.24. The quantitative estimate of drug-likeness (QED) is 0.427. The first-order valence-corrected chi connectivity index (χ1v) is 6.30. The van der Waals surface area contributed by atoms with E-state index in [0.717, 1.165) is 0 Å². The van der Waals surface area contributed by atoms with Crippen molar-refractivity contribution in [1.29, 1.82) is 0 Å². The van der Waals surface area contributed by atoms with Crippen LogP contribution in [0.5, 0.6) is 11.5 Å². The molecule has 4 aromatic rings. The van der Waals surface area contributed by atoms with Gasteiger partial charge >= 0.3 is 6.16 Å². The Morgan fingerprint density at radius 1 is 0.818 bits per heavy atom. The van der Waals surface area contributed by atoms with E-state index in [1.54, 1.807) is 36.4 Å². The molecule has 0 aliphatic heterocycles. The van der Waals surface area contributed by atoms with Gasteiger partial charge in [0.2, 0.25) is 0 Å². The van der Waals surface area contributed by atoms with Crippen molar-refractivity contribution in [3.63, 3.8) is 0 Å². The van der Waals surface area contributed by atoms with E-state index < -0.39 is 6.16 Å². The third kappa shape index (κ3) is 2.00. The first-order valence-electron chi connectivity index (χ1n) is 6.30. The van der Waals surface area contributed by atoms with Gasteiger partial charge in [0.1, 0.15) is 0 Å². The molecular formula is C13H8N6O3. The van der Waals surface area contributed by atoms with Crippen molar-refractivity contribution in [3.05, 3.63) is 36.4 Å². The second-order valence-corrected chi connectivity index (χ2v) is 4.38. The predicted octanol–water partition coefficient (Wildman–Crippen LogP) is 1.81. The number of aromatic nitrogens is 6. The lowest BCUT2D eigenvalue weighted by Gasteiger charge is -2.05. The Morgan fingerprint density at radius 2 is 1.32 bits per heavy atom. The fourth-order valence-electron chi connectivity index (χ4n) is 2.05. The number of ether oxygens (including phenoxy) is 2. The summed E-state index contributed by atoms with van der Waals surface area (Å²) in [4.78, 5) is 12.0. The van der Waals surface area contributed by atoms with Crippen LogP contribution in [0.3, 0.4) is 0 Å².